The van der Waals surface area contributed by atoms with E-state index in [1.807, 2.05) is 56.6 Å². The number of aromatic nitrogens is 1. The molecule has 0 radical (unpaired) electrons. The minimum atomic E-state index is 0.936. The minimum Gasteiger partial charge on any atom is -0.378 e. The maximum Gasteiger partial charge on any atom is 0.0782 e. The SMILES string of the molecule is CN(C)c1ccc(N=C(c2ccccc2)c2ccncc2)cc1. The quantitative estimate of drug-likeness (QED) is 0.672. The fourth-order valence-electron chi connectivity index (χ4n) is 2.36. The van der Waals surface area contributed by atoms with Gasteiger partial charge in [0.25, 0.3) is 0 Å². The number of hydrogen-bond donors (Lipinski definition) is 0. The molecule has 0 bridgehead atoms. The highest BCUT2D eigenvalue weighted by Crippen LogP contribution is 2.21. The number of aliphatic imine (C=N–C) groups is 1. The molecule has 0 amide bonds. The Hall–Kier alpha value is -2.94. The van der Waals surface area contributed by atoms with Crippen LogP contribution in [-0.4, -0.2) is 24.8 Å². The average Bonchev–Trinajstić information content (AvgIpc) is 2.61. The normalized spacial score (nSPS) is 11.3. The van der Waals surface area contributed by atoms with Crippen LogP contribution < -0.4 is 4.90 Å². The largest absolute Gasteiger partial charge is 0.378 e. The van der Waals surface area contributed by atoms with Gasteiger partial charge in [-0.25, -0.2) is 4.99 Å². The van der Waals surface area contributed by atoms with Crippen molar-refractivity contribution in [3.05, 3.63) is 90.3 Å². The van der Waals surface area contributed by atoms with E-state index in [0.717, 1.165) is 28.2 Å². The summed E-state index contributed by atoms with van der Waals surface area (Å²) in [5.74, 6) is 0. The van der Waals surface area contributed by atoms with Crippen LogP contribution in [0.4, 0.5) is 11.4 Å². The van der Waals surface area contributed by atoms with E-state index in [9.17, 15) is 0 Å². The molecule has 0 atom stereocenters. The van der Waals surface area contributed by atoms with E-state index < -0.39 is 0 Å². The number of anilines is 1. The third-order valence-corrected chi connectivity index (χ3v) is 3.61. The zero-order valence-corrected chi connectivity index (χ0v) is 13.3. The zero-order chi connectivity index (χ0) is 16.1. The molecule has 114 valence electrons. The molecule has 0 unspecified atom stereocenters. The molecule has 0 saturated heterocycles. The Bertz CT molecular complexity index is 735. The van der Waals surface area contributed by atoms with Crippen LogP contribution in [0.15, 0.2) is 84.1 Å². The minimum absolute atomic E-state index is 0.936. The van der Waals surface area contributed by atoms with Crippen molar-refractivity contribution in [2.45, 2.75) is 0 Å². The molecule has 3 rings (SSSR count). The van der Waals surface area contributed by atoms with Crippen LogP contribution in [0, 0.1) is 0 Å². The Balaban J connectivity index is 2.05. The zero-order valence-electron chi connectivity index (χ0n) is 13.3. The van der Waals surface area contributed by atoms with Crippen LogP contribution in [0.2, 0.25) is 0 Å². The Morgan fingerprint density at radius 3 is 2.00 bits per heavy atom. The third-order valence-electron chi connectivity index (χ3n) is 3.61. The van der Waals surface area contributed by atoms with Gasteiger partial charge >= 0.3 is 0 Å². The Labute approximate surface area is 137 Å². The molecule has 3 nitrogen and oxygen atoms in total. The van der Waals surface area contributed by atoms with Gasteiger partial charge in [-0.3, -0.25) is 4.98 Å². The molecule has 3 heteroatoms. The average molecular weight is 301 g/mol. The van der Waals surface area contributed by atoms with Gasteiger partial charge in [-0.05, 0) is 36.4 Å². The molecule has 1 heterocycles. The number of rotatable bonds is 4. The lowest BCUT2D eigenvalue weighted by molar-refractivity contribution is 1.13. The summed E-state index contributed by atoms with van der Waals surface area (Å²) in [7, 11) is 4.06. The number of pyridine rings is 1. The van der Waals surface area contributed by atoms with Gasteiger partial charge in [-0.15, -0.1) is 0 Å². The van der Waals surface area contributed by atoms with Gasteiger partial charge in [0.1, 0.15) is 0 Å². The molecule has 0 aliphatic heterocycles. The molecule has 23 heavy (non-hydrogen) atoms. The van der Waals surface area contributed by atoms with E-state index in [4.69, 9.17) is 4.99 Å². The van der Waals surface area contributed by atoms with Crippen molar-refractivity contribution in [3.8, 4) is 0 Å². The maximum absolute atomic E-state index is 4.87. The van der Waals surface area contributed by atoms with E-state index in [0.29, 0.717) is 0 Å². The Morgan fingerprint density at radius 1 is 0.783 bits per heavy atom. The van der Waals surface area contributed by atoms with E-state index in [1.165, 1.54) is 0 Å². The van der Waals surface area contributed by atoms with Gasteiger partial charge in [0.05, 0.1) is 11.4 Å². The van der Waals surface area contributed by atoms with E-state index in [1.54, 1.807) is 12.4 Å². The molecule has 2 aromatic carbocycles. The fraction of sp³-hybridized carbons (Fsp3) is 0.100. The lowest BCUT2D eigenvalue weighted by atomic mass is 10.0. The molecular weight excluding hydrogens is 282 g/mol. The summed E-state index contributed by atoms with van der Waals surface area (Å²) >= 11 is 0. The van der Waals surface area contributed by atoms with Crippen LogP contribution in [0.3, 0.4) is 0 Å². The number of hydrogen-bond acceptors (Lipinski definition) is 3. The molecule has 1 aromatic heterocycles. The fourth-order valence-corrected chi connectivity index (χ4v) is 2.36. The van der Waals surface area contributed by atoms with Crippen LogP contribution in [-0.2, 0) is 0 Å². The van der Waals surface area contributed by atoms with Crippen LogP contribution in [0.1, 0.15) is 11.1 Å². The summed E-state index contributed by atoms with van der Waals surface area (Å²) in [5, 5.41) is 0. The number of benzene rings is 2. The first-order valence-electron chi connectivity index (χ1n) is 7.56. The highest BCUT2D eigenvalue weighted by Gasteiger charge is 2.07. The molecule has 0 N–H and O–H groups in total. The van der Waals surface area contributed by atoms with Crippen molar-refractivity contribution in [2.75, 3.05) is 19.0 Å². The monoisotopic (exact) mass is 301 g/mol. The second kappa shape index (κ2) is 6.88. The topological polar surface area (TPSA) is 28.5 Å². The van der Waals surface area contributed by atoms with Gasteiger partial charge in [0.2, 0.25) is 0 Å². The summed E-state index contributed by atoms with van der Waals surface area (Å²) in [4.78, 5) is 11.0. The van der Waals surface area contributed by atoms with Crippen molar-refractivity contribution in [2.24, 2.45) is 4.99 Å². The molecule has 0 aliphatic rings. The summed E-state index contributed by atoms with van der Waals surface area (Å²) < 4.78 is 0. The van der Waals surface area contributed by atoms with Gasteiger partial charge in [0, 0.05) is 43.3 Å². The second-order valence-electron chi connectivity index (χ2n) is 5.47. The first-order valence-corrected chi connectivity index (χ1v) is 7.56. The summed E-state index contributed by atoms with van der Waals surface area (Å²) in [6.07, 6.45) is 3.59. The van der Waals surface area contributed by atoms with Crippen LogP contribution >= 0.6 is 0 Å². The summed E-state index contributed by atoms with van der Waals surface area (Å²) in [6.45, 7) is 0. The van der Waals surface area contributed by atoms with E-state index >= 15 is 0 Å². The number of nitrogens with zero attached hydrogens (tertiary/aromatic N) is 3. The molecular formula is C20H19N3. The van der Waals surface area contributed by atoms with Crippen molar-refractivity contribution >= 4 is 17.1 Å². The van der Waals surface area contributed by atoms with E-state index in [-0.39, 0.29) is 0 Å². The van der Waals surface area contributed by atoms with Crippen molar-refractivity contribution in [3.63, 3.8) is 0 Å². The summed E-state index contributed by atoms with van der Waals surface area (Å²) in [6, 6.07) is 22.4. The third kappa shape index (κ3) is 3.64. The van der Waals surface area contributed by atoms with E-state index in [2.05, 4.69) is 34.1 Å². The first-order chi connectivity index (χ1) is 11.2. The van der Waals surface area contributed by atoms with Crippen LogP contribution in [0.5, 0.6) is 0 Å². The van der Waals surface area contributed by atoms with Gasteiger partial charge in [0.15, 0.2) is 0 Å². The first kappa shape index (κ1) is 15.0. The Morgan fingerprint density at radius 2 is 1.39 bits per heavy atom. The van der Waals surface area contributed by atoms with Gasteiger partial charge in [-0.1, -0.05) is 30.3 Å². The van der Waals surface area contributed by atoms with Crippen molar-refractivity contribution in [1.29, 1.82) is 0 Å². The van der Waals surface area contributed by atoms with Gasteiger partial charge < -0.3 is 4.90 Å². The Kier molecular flexibility index (Phi) is 4.48. The highest BCUT2D eigenvalue weighted by molar-refractivity contribution is 6.13. The molecule has 0 aliphatic carbocycles. The standard InChI is InChI=1S/C20H19N3/c1-23(2)19-10-8-18(9-11-19)22-20(16-6-4-3-5-7-16)17-12-14-21-15-13-17/h3-15H,1-2H3. The second-order valence-corrected chi connectivity index (χ2v) is 5.47. The smallest absolute Gasteiger partial charge is 0.0782 e. The molecule has 0 spiro atoms. The van der Waals surface area contributed by atoms with Gasteiger partial charge in [-0.2, -0.15) is 0 Å². The maximum atomic E-state index is 4.87. The molecule has 0 fully saturated rings. The van der Waals surface area contributed by atoms with Crippen molar-refractivity contribution in [1.82, 2.24) is 4.98 Å². The lowest BCUT2D eigenvalue weighted by Gasteiger charge is -2.12. The predicted molar refractivity (Wildman–Crippen MR) is 96.7 cm³/mol. The lowest BCUT2D eigenvalue weighted by Crippen LogP contribution is -2.07. The highest BCUT2D eigenvalue weighted by atomic mass is 15.1. The molecule has 0 saturated carbocycles. The predicted octanol–water partition coefficient (Wildman–Crippen LogP) is 4.32. The summed E-state index contributed by atoms with van der Waals surface area (Å²) in [5.41, 5.74) is 5.20. The van der Waals surface area contributed by atoms with Crippen molar-refractivity contribution < 1.29 is 0 Å². The van der Waals surface area contributed by atoms with Crippen LogP contribution in [0.25, 0.3) is 0 Å². The molecule has 3 aromatic rings.